The SMILES string of the molecule is COCCCN(C)CC(=O)N1CCN(C(=O)Nc2ccccc2)CC1. The van der Waals surface area contributed by atoms with E-state index in [0.29, 0.717) is 39.3 Å². The number of nitrogens with zero attached hydrogens (tertiary/aromatic N) is 3. The van der Waals surface area contributed by atoms with Gasteiger partial charge in [0.1, 0.15) is 0 Å². The van der Waals surface area contributed by atoms with Gasteiger partial charge in [-0.25, -0.2) is 4.79 Å². The van der Waals surface area contributed by atoms with Crippen molar-refractivity contribution in [3.63, 3.8) is 0 Å². The smallest absolute Gasteiger partial charge is 0.321 e. The highest BCUT2D eigenvalue weighted by Gasteiger charge is 2.24. The van der Waals surface area contributed by atoms with Gasteiger partial charge in [-0.05, 0) is 25.6 Å². The summed E-state index contributed by atoms with van der Waals surface area (Å²) in [6.45, 7) is 4.20. The predicted molar refractivity (Wildman–Crippen MR) is 97.6 cm³/mol. The average Bonchev–Trinajstić information content (AvgIpc) is 2.63. The second kappa shape index (κ2) is 10.0. The third kappa shape index (κ3) is 6.36. The van der Waals surface area contributed by atoms with Crippen molar-refractivity contribution in [3.05, 3.63) is 30.3 Å². The summed E-state index contributed by atoms with van der Waals surface area (Å²) in [5.74, 6) is 0.114. The van der Waals surface area contributed by atoms with E-state index in [1.165, 1.54) is 0 Å². The number of carbonyl (C=O) groups is 2. The van der Waals surface area contributed by atoms with Gasteiger partial charge in [0.25, 0.3) is 0 Å². The molecule has 1 heterocycles. The second-order valence-electron chi connectivity index (χ2n) is 6.25. The molecule has 0 unspecified atom stereocenters. The highest BCUT2D eigenvalue weighted by atomic mass is 16.5. The molecule has 0 bridgehead atoms. The fraction of sp³-hybridized carbons (Fsp3) is 0.556. The summed E-state index contributed by atoms with van der Waals surface area (Å²) >= 11 is 0. The molecule has 7 nitrogen and oxygen atoms in total. The van der Waals surface area contributed by atoms with E-state index in [9.17, 15) is 9.59 Å². The first-order valence-electron chi connectivity index (χ1n) is 8.66. The third-order valence-corrected chi connectivity index (χ3v) is 4.24. The van der Waals surface area contributed by atoms with Crippen molar-refractivity contribution in [2.24, 2.45) is 0 Å². The number of methoxy groups -OCH3 is 1. The van der Waals surface area contributed by atoms with E-state index in [4.69, 9.17) is 4.74 Å². The van der Waals surface area contributed by atoms with Gasteiger partial charge in [0, 0.05) is 52.1 Å². The molecule has 1 aliphatic rings. The zero-order valence-corrected chi connectivity index (χ0v) is 15.1. The van der Waals surface area contributed by atoms with Crippen LogP contribution < -0.4 is 5.32 Å². The van der Waals surface area contributed by atoms with Crippen molar-refractivity contribution < 1.29 is 14.3 Å². The molecule has 1 aliphatic heterocycles. The summed E-state index contributed by atoms with van der Waals surface area (Å²) in [5, 5.41) is 2.88. The minimum absolute atomic E-state index is 0.114. The van der Waals surface area contributed by atoms with Gasteiger partial charge in [-0.3, -0.25) is 9.69 Å². The lowest BCUT2D eigenvalue weighted by Crippen LogP contribution is -2.53. The van der Waals surface area contributed by atoms with Crippen LogP contribution in [-0.4, -0.2) is 86.7 Å². The molecule has 3 amide bonds. The number of piperazine rings is 1. The summed E-state index contributed by atoms with van der Waals surface area (Å²) in [6.07, 6.45) is 0.910. The standard InChI is InChI=1S/C18H28N4O3/c1-20(9-6-14-25-2)15-17(23)21-10-12-22(13-11-21)18(24)19-16-7-4-3-5-8-16/h3-5,7-8H,6,9-15H2,1-2H3,(H,19,24). The number of para-hydroxylation sites is 1. The van der Waals surface area contributed by atoms with Crippen molar-refractivity contribution in [3.8, 4) is 0 Å². The summed E-state index contributed by atoms with van der Waals surface area (Å²) < 4.78 is 5.02. The maximum Gasteiger partial charge on any atom is 0.321 e. The van der Waals surface area contributed by atoms with Crippen LogP contribution in [0.1, 0.15) is 6.42 Å². The third-order valence-electron chi connectivity index (χ3n) is 4.24. The normalized spacial score (nSPS) is 14.7. The molecule has 0 aromatic heterocycles. The monoisotopic (exact) mass is 348 g/mol. The van der Waals surface area contributed by atoms with Gasteiger partial charge < -0.3 is 19.9 Å². The van der Waals surface area contributed by atoms with E-state index in [1.807, 2.05) is 47.2 Å². The molecule has 1 aromatic carbocycles. The number of nitrogens with one attached hydrogen (secondary N) is 1. The van der Waals surface area contributed by atoms with E-state index >= 15 is 0 Å². The van der Waals surface area contributed by atoms with Crippen molar-refractivity contribution >= 4 is 17.6 Å². The number of ether oxygens (including phenoxy) is 1. The number of amides is 3. The van der Waals surface area contributed by atoms with Gasteiger partial charge in [0.2, 0.25) is 5.91 Å². The first kappa shape index (κ1) is 19.2. The van der Waals surface area contributed by atoms with Gasteiger partial charge in [-0.15, -0.1) is 0 Å². The van der Waals surface area contributed by atoms with Gasteiger partial charge >= 0.3 is 6.03 Å². The van der Waals surface area contributed by atoms with Gasteiger partial charge in [-0.1, -0.05) is 18.2 Å². The Morgan fingerprint density at radius 2 is 1.76 bits per heavy atom. The topological polar surface area (TPSA) is 65.1 Å². The largest absolute Gasteiger partial charge is 0.385 e. The average molecular weight is 348 g/mol. The molecule has 7 heteroatoms. The van der Waals surface area contributed by atoms with E-state index in [-0.39, 0.29) is 11.9 Å². The van der Waals surface area contributed by atoms with Crippen molar-refractivity contribution in [2.45, 2.75) is 6.42 Å². The van der Waals surface area contributed by atoms with E-state index < -0.39 is 0 Å². The molecule has 1 saturated heterocycles. The molecule has 1 fully saturated rings. The van der Waals surface area contributed by atoms with Gasteiger partial charge in [0.15, 0.2) is 0 Å². The molecule has 0 aliphatic carbocycles. The summed E-state index contributed by atoms with van der Waals surface area (Å²) in [5.41, 5.74) is 0.781. The minimum atomic E-state index is -0.116. The van der Waals surface area contributed by atoms with Crippen LogP contribution in [0.25, 0.3) is 0 Å². The Morgan fingerprint density at radius 1 is 1.12 bits per heavy atom. The Balaban J connectivity index is 1.71. The van der Waals surface area contributed by atoms with Crippen LogP contribution in [-0.2, 0) is 9.53 Å². The van der Waals surface area contributed by atoms with Crippen LogP contribution in [0.2, 0.25) is 0 Å². The quantitative estimate of drug-likeness (QED) is 0.755. The summed E-state index contributed by atoms with van der Waals surface area (Å²) in [6, 6.07) is 9.28. The molecular formula is C18H28N4O3. The molecule has 1 N–H and O–H groups in total. The number of benzene rings is 1. The molecule has 0 saturated carbocycles. The first-order valence-corrected chi connectivity index (χ1v) is 8.66. The number of anilines is 1. The number of urea groups is 1. The fourth-order valence-electron chi connectivity index (χ4n) is 2.77. The Bertz CT molecular complexity index is 545. The van der Waals surface area contributed by atoms with Crippen molar-refractivity contribution in [1.29, 1.82) is 0 Å². The molecule has 1 aromatic rings. The number of likely N-dealkylation sites (N-methyl/N-ethyl adjacent to an activating group) is 1. The maximum absolute atomic E-state index is 12.3. The van der Waals surface area contributed by atoms with Crippen LogP contribution in [0, 0.1) is 0 Å². The van der Waals surface area contributed by atoms with Crippen LogP contribution in [0.15, 0.2) is 30.3 Å². The lowest BCUT2D eigenvalue weighted by molar-refractivity contribution is -0.133. The van der Waals surface area contributed by atoms with Gasteiger partial charge in [0.05, 0.1) is 6.54 Å². The highest BCUT2D eigenvalue weighted by molar-refractivity contribution is 5.89. The van der Waals surface area contributed by atoms with Crippen LogP contribution in [0.3, 0.4) is 0 Å². The number of hydrogen-bond donors (Lipinski definition) is 1. The number of rotatable bonds is 7. The van der Waals surface area contributed by atoms with E-state index in [1.54, 1.807) is 12.0 Å². The highest BCUT2D eigenvalue weighted by Crippen LogP contribution is 2.09. The Kier molecular flexibility index (Phi) is 7.69. The number of hydrogen-bond acceptors (Lipinski definition) is 4. The van der Waals surface area contributed by atoms with Crippen LogP contribution >= 0.6 is 0 Å². The zero-order chi connectivity index (χ0) is 18.1. The molecule has 25 heavy (non-hydrogen) atoms. The Morgan fingerprint density at radius 3 is 2.40 bits per heavy atom. The van der Waals surface area contributed by atoms with Crippen LogP contribution in [0.4, 0.5) is 10.5 Å². The summed E-state index contributed by atoms with van der Waals surface area (Å²) in [7, 11) is 3.62. The Hall–Kier alpha value is -2.12. The summed E-state index contributed by atoms with van der Waals surface area (Å²) in [4.78, 5) is 30.2. The van der Waals surface area contributed by atoms with E-state index in [2.05, 4.69) is 5.32 Å². The molecule has 0 spiro atoms. The molecular weight excluding hydrogens is 320 g/mol. The minimum Gasteiger partial charge on any atom is -0.385 e. The van der Waals surface area contributed by atoms with Crippen molar-refractivity contribution in [2.75, 3.05) is 65.3 Å². The molecule has 0 atom stereocenters. The lowest BCUT2D eigenvalue weighted by atomic mass is 10.3. The second-order valence-corrected chi connectivity index (χ2v) is 6.25. The predicted octanol–water partition coefficient (Wildman–Crippen LogP) is 1.33. The van der Waals surface area contributed by atoms with Crippen molar-refractivity contribution in [1.82, 2.24) is 14.7 Å². The Labute approximate surface area is 149 Å². The molecule has 138 valence electrons. The zero-order valence-electron chi connectivity index (χ0n) is 15.1. The maximum atomic E-state index is 12.3. The lowest BCUT2D eigenvalue weighted by Gasteiger charge is -2.35. The fourth-order valence-corrected chi connectivity index (χ4v) is 2.77. The van der Waals surface area contributed by atoms with E-state index in [0.717, 1.165) is 18.7 Å². The van der Waals surface area contributed by atoms with Gasteiger partial charge in [-0.2, -0.15) is 0 Å². The molecule has 2 rings (SSSR count). The molecule has 0 radical (unpaired) electrons. The number of carbonyl (C=O) groups excluding carboxylic acids is 2. The van der Waals surface area contributed by atoms with Crippen LogP contribution in [0.5, 0.6) is 0 Å². The first-order chi connectivity index (χ1) is 12.1.